The summed E-state index contributed by atoms with van der Waals surface area (Å²) < 4.78 is 15.8. The van der Waals surface area contributed by atoms with Crippen LogP contribution in [0.1, 0.15) is 0 Å². The van der Waals surface area contributed by atoms with E-state index in [-0.39, 0.29) is 17.1 Å². The smallest absolute Gasteiger partial charge is 0.382 e. The van der Waals surface area contributed by atoms with Crippen molar-refractivity contribution in [2.75, 3.05) is 21.3 Å². The molecule has 0 fully saturated rings. The largest absolute Gasteiger partial charge is 2.00 e. The number of hydrogen-bond acceptors (Lipinski definition) is 3. The van der Waals surface area contributed by atoms with Crippen LogP contribution in [0.4, 0.5) is 0 Å². The first-order chi connectivity index (χ1) is 8.29. The van der Waals surface area contributed by atoms with E-state index in [0.29, 0.717) is 0 Å². The van der Waals surface area contributed by atoms with Crippen LogP contribution in [-0.4, -0.2) is 30.1 Å². The molecule has 0 aliphatic rings. The van der Waals surface area contributed by atoms with Gasteiger partial charge in [-0.3, -0.25) is 0 Å². The summed E-state index contributed by atoms with van der Waals surface area (Å²) in [6.07, 6.45) is 0. The third-order valence-corrected chi connectivity index (χ3v) is 5.03. The minimum absolute atomic E-state index is 0. The van der Waals surface area contributed by atoms with Gasteiger partial charge in [0.2, 0.25) is 0 Å². The van der Waals surface area contributed by atoms with Gasteiger partial charge in [-0.25, -0.2) is 24.3 Å². The predicted octanol–water partition coefficient (Wildman–Crippen LogP) is 1.89. The van der Waals surface area contributed by atoms with Gasteiger partial charge in [-0.1, -0.05) is 5.19 Å². The summed E-state index contributed by atoms with van der Waals surface area (Å²) in [6, 6.07) is 17.8. The summed E-state index contributed by atoms with van der Waals surface area (Å²) in [4.78, 5) is 0. The second-order valence-corrected chi connectivity index (χ2v) is 6.22. The average Bonchev–Trinajstić information content (AvgIpc) is 3.08. The van der Waals surface area contributed by atoms with Crippen molar-refractivity contribution in [2.24, 2.45) is 0 Å². The van der Waals surface area contributed by atoms with Gasteiger partial charge in [-0.05, 0) is 0 Å². The first kappa shape index (κ1) is 17.3. The minimum atomic E-state index is -2.54. The van der Waals surface area contributed by atoms with Crippen LogP contribution < -0.4 is 5.19 Å². The van der Waals surface area contributed by atoms with Gasteiger partial charge < -0.3 is 13.3 Å². The van der Waals surface area contributed by atoms with E-state index in [0.717, 1.165) is 5.19 Å². The van der Waals surface area contributed by atoms with Crippen LogP contribution in [0.5, 0.6) is 0 Å². The molecule has 0 heterocycles. The van der Waals surface area contributed by atoms with Crippen molar-refractivity contribution in [1.29, 1.82) is 0 Å². The van der Waals surface area contributed by atoms with Gasteiger partial charge in [0.25, 0.3) is 0 Å². The molecule has 5 heteroatoms. The summed E-state index contributed by atoms with van der Waals surface area (Å²) in [5, 5.41) is 0.995. The van der Waals surface area contributed by atoms with E-state index in [4.69, 9.17) is 13.3 Å². The molecule has 0 amide bonds. The molecule has 0 radical (unpaired) electrons. The predicted molar refractivity (Wildman–Crippen MR) is 70.5 cm³/mol. The van der Waals surface area contributed by atoms with Crippen LogP contribution in [0.15, 0.2) is 54.6 Å². The maximum atomic E-state index is 5.28. The van der Waals surface area contributed by atoms with Gasteiger partial charge in [0.05, 0.1) is 0 Å². The molecule has 2 rings (SSSR count). The Morgan fingerprint density at radius 2 is 1.28 bits per heavy atom. The van der Waals surface area contributed by atoms with E-state index in [1.165, 1.54) is 0 Å². The van der Waals surface area contributed by atoms with Crippen LogP contribution in [0.2, 0.25) is 0 Å². The Labute approximate surface area is 120 Å². The van der Waals surface area contributed by atoms with Gasteiger partial charge in [-0.15, -0.1) is 0 Å². The molecule has 0 aromatic heterocycles. The Hall–Kier alpha value is -0.684. The van der Waals surface area contributed by atoms with Gasteiger partial charge in [0, 0.05) is 21.3 Å². The zero-order valence-corrected chi connectivity index (χ0v) is 12.9. The van der Waals surface area contributed by atoms with Gasteiger partial charge in [0.1, 0.15) is 0 Å². The molecule has 0 aliphatic carbocycles. The molecule has 0 atom stereocenters. The molecular formula is C13H18FeO3Si. The molecule has 0 bridgehead atoms. The monoisotopic (exact) mass is 306 g/mol. The summed E-state index contributed by atoms with van der Waals surface area (Å²) in [5.74, 6) is 0. The van der Waals surface area contributed by atoms with Crippen molar-refractivity contribution in [3.05, 3.63) is 54.6 Å². The molecular weight excluding hydrogens is 288 g/mol. The van der Waals surface area contributed by atoms with E-state index in [9.17, 15) is 0 Å². The molecule has 0 unspecified atom stereocenters. The molecule has 100 valence electrons. The van der Waals surface area contributed by atoms with E-state index < -0.39 is 8.80 Å². The summed E-state index contributed by atoms with van der Waals surface area (Å²) in [5.41, 5.74) is 0. The van der Waals surface area contributed by atoms with E-state index in [2.05, 4.69) is 0 Å². The normalized spacial score (nSPS) is 10.2. The average molecular weight is 306 g/mol. The third kappa shape index (κ3) is 4.53. The SMILES string of the molecule is CO[Si](OC)(OC)[c-]1cccc1.[Fe+2].c1cc[cH-]c1. The fraction of sp³-hybridized carbons (Fsp3) is 0.231. The molecule has 18 heavy (non-hydrogen) atoms. The summed E-state index contributed by atoms with van der Waals surface area (Å²) in [6.45, 7) is 0. The van der Waals surface area contributed by atoms with Crippen molar-refractivity contribution in [3.63, 3.8) is 0 Å². The maximum Gasteiger partial charge on any atom is 2.00 e. The topological polar surface area (TPSA) is 27.7 Å². The Bertz CT molecular complexity index is 343. The van der Waals surface area contributed by atoms with Crippen molar-refractivity contribution >= 4 is 14.0 Å². The Kier molecular flexibility index (Phi) is 8.92. The second-order valence-electron chi connectivity index (χ2n) is 3.30. The fourth-order valence-electron chi connectivity index (χ4n) is 1.50. The molecule has 2 aromatic rings. The fourth-order valence-corrected chi connectivity index (χ4v) is 3.31. The molecule has 0 aliphatic heterocycles. The van der Waals surface area contributed by atoms with Gasteiger partial charge in [0.15, 0.2) is 0 Å². The first-order valence-electron chi connectivity index (χ1n) is 5.33. The van der Waals surface area contributed by atoms with Gasteiger partial charge in [-0.2, -0.15) is 30.3 Å². The molecule has 2 aromatic carbocycles. The van der Waals surface area contributed by atoms with Crippen molar-refractivity contribution in [3.8, 4) is 0 Å². The summed E-state index contributed by atoms with van der Waals surface area (Å²) >= 11 is 0. The van der Waals surface area contributed by atoms with Crippen LogP contribution in [0.25, 0.3) is 0 Å². The molecule has 0 saturated carbocycles. The first-order valence-corrected chi connectivity index (χ1v) is 7.06. The van der Waals surface area contributed by atoms with E-state index >= 15 is 0 Å². The van der Waals surface area contributed by atoms with Gasteiger partial charge >= 0.3 is 25.9 Å². The van der Waals surface area contributed by atoms with Crippen LogP contribution in [0, 0.1) is 0 Å². The minimum Gasteiger partial charge on any atom is -0.382 e. The van der Waals surface area contributed by atoms with Crippen molar-refractivity contribution < 1.29 is 30.3 Å². The number of hydrogen-bond donors (Lipinski definition) is 0. The van der Waals surface area contributed by atoms with E-state index in [1.54, 1.807) is 21.3 Å². The van der Waals surface area contributed by atoms with Crippen LogP contribution in [-0.2, 0) is 30.3 Å². The molecule has 0 N–H and O–H groups in total. The second kappa shape index (κ2) is 9.27. The zero-order chi connectivity index (χ0) is 12.6. The molecule has 3 nitrogen and oxygen atoms in total. The van der Waals surface area contributed by atoms with Crippen molar-refractivity contribution in [2.45, 2.75) is 0 Å². The molecule has 0 spiro atoms. The van der Waals surface area contributed by atoms with Crippen LogP contribution in [0.3, 0.4) is 0 Å². The third-order valence-electron chi connectivity index (χ3n) is 2.38. The van der Waals surface area contributed by atoms with Crippen molar-refractivity contribution in [1.82, 2.24) is 0 Å². The Morgan fingerprint density at radius 3 is 1.56 bits per heavy atom. The van der Waals surface area contributed by atoms with E-state index in [1.807, 2.05) is 54.6 Å². The van der Waals surface area contributed by atoms with Crippen LogP contribution >= 0.6 is 0 Å². The summed E-state index contributed by atoms with van der Waals surface area (Å²) in [7, 11) is 2.27. The number of rotatable bonds is 4. The quantitative estimate of drug-likeness (QED) is 0.638. The zero-order valence-electron chi connectivity index (χ0n) is 10.8. The molecule has 0 saturated heterocycles. The Balaban J connectivity index is 0.000000405. The Morgan fingerprint density at radius 1 is 0.833 bits per heavy atom. The maximum absolute atomic E-state index is 5.28. The standard InChI is InChI=1S/C8H13O3Si.C5H5.Fe/c1-9-12(10-2,11-3)8-6-4-5-7-8;1-2-4-5-3-1;/h4-7H,1-3H3;1-5H;/q2*-1;+2.